The molecule has 0 heterocycles. The van der Waals surface area contributed by atoms with Crippen LogP contribution in [0.5, 0.6) is 5.75 Å². The van der Waals surface area contributed by atoms with Crippen molar-refractivity contribution in [2.45, 2.75) is 23.6 Å². The van der Waals surface area contributed by atoms with Crippen molar-refractivity contribution >= 4 is 21.4 Å². The molecule has 2 N–H and O–H groups in total. The van der Waals surface area contributed by atoms with Gasteiger partial charge in [-0.15, -0.1) is 0 Å². The van der Waals surface area contributed by atoms with Crippen LogP contribution in [0, 0.1) is 5.82 Å². The number of ether oxygens (including phenoxy) is 1. The normalized spacial score (nSPS) is 13.0. The first-order valence-corrected chi connectivity index (χ1v) is 9.82. The Morgan fingerprint density at radius 1 is 1.17 bits per heavy atom. The second-order valence-corrected chi connectivity index (χ2v) is 8.10. The van der Waals surface area contributed by atoms with Crippen LogP contribution in [0.2, 0.25) is 0 Å². The third-order valence-corrected chi connectivity index (χ3v) is 5.66. The van der Waals surface area contributed by atoms with Crippen LogP contribution >= 0.6 is 0 Å². The highest BCUT2D eigenvalue weighted by molar-refractivity contribution is 7.91. The topological polar surface area (TPSA) is 92.7 Å². The lowest BCUT2D eigenvalue weighted by molar-refractivity contribution is -0.203. The fraction of sp³-hybridized carbons (Fsp3) is 0.278. The lowest BCUT2D eigenvalue weighted by atomic mass is 10.2. The second kappa shape index (κ2) is 8.78. The molecule has 158 valence electrons. The van der Waals surface area contributed by atoms with Crippen molar-refractivity contribution in [3.8, 4) is 5.75 Å². The van der Waals surface area contributed by atoms with Crippen molar-refractivity contribution in [3.05, 3.63) is 53.8 Å². The van der Waals surface area contributed by atoms with Crippen molar-refractivity contribution in [1.82, 2.24) is 0 Å². The van der Waals surface area contributed by atoms with Crippen LogP contribution in [0.3, 0.4) is 0 Å². The van der Waals surface area contributed by atoms with E-state index in [4.69, 9.17) is 9.84 Å². The Hall–Kier alpha value is -2.66. The molecule has 0 aromatic heterocycles. The van der Waals surface area contributed by atoms with E-state index < -0.39 is 50.9 Å². The van der Waals surface area contributed by atoms with Gasteiger partial charge in [-0.3, -0.25) is 4.79 Å². The highest BCUT2D eigenvalue weighted by Gasteiger charge is 2.38. The summed E-state index contributed by atoms with van der Waals surface area (Å²) < 4.78 is 79.8. The van der Waals surface area contributed by atoms with Gasteiger partial charge in [-0.25, -0.2) is 12.8 Å². The number of methoxy groups -OCH3 is 1. The average molecular weight is 435 g/mol. The summed E-state index contributed by atoms with van der Waals surface area (Å²) in [4.78, 5) is 12.1. The van der Waals surface area contributed by atoms with E-state index in [1.807, 2.05) is 0 Å². The van der Waals surface area contributed by atoms with Crippen LogP contribution in [0.1, 0.15) is 16.8 Å². The summed E-state index contributed by atoms with van der Waals surface area (Å²) in [6, 6.07) is 8.04. The molecule has 11 heteroatoms. The number of aliphatic hydroxyl groups excluding tert-OH is 1. The van der Waals surface area contributed by atoms with Crippen molar-refractivity contribution in [2.24, 2.45) is 0 Å². The number of carbonyl (C=O) groups is 1. The maximum atomic E-state index is 13.0. The van der Waals surface area contributed by atoms with Crippen LogP contribution in [0.4, 0.5) is 23.2 Å². The maximum Gasteiger partial charge on any atom is 0.414 e. The fourth-order valence-corrected chi connectivity index (χ4v) is 3.68. The first-order valence-electron chi connectivity index (χ1n) is 8.16. The SMILES string of the molecule is COc1ccc(S(=O)(=O)CC[C@@H](O)C(F)(F)F)cc1C(=O)Nc1ccc(F)cc1. The van der Waals surface area contributed by atoms with Gasteiger partial charge >= 0.3 is 6.18 Å². The monoisotopic (exact) mass is 435 g/mol. The number of carbonyl (C=O) groups excluding carboxylic acids is 1. The fourth-order valence-electron chi connectivity index (χ4n) is 2.34. The van der Waals surface area contributed by atoms with Crippen LogP contribution in [0.15, 0.2) is 47.4 Å². The summed E-state index contributed by atoms with van der Waals surface area (Å²) in [5, 5.41) is 11.4. The second-order valence-electron chi connectivity index (χ2n) is 5.99. The molecule has 2 aromatic rings. The van der Waals surface area contributed by atoms with Crippen LogP contribution in [0.25, 0.3) is 0 Å². The molecule has 0 fully saturated rings. The molecular formula is C18H17F4NO5S. The number of nitrogens with one attached hydrogen (secondary N) is 1. The summed E-state index contributed by atoms with van der Waals surface area (Å²) in [5.74, 6) is -2.23. The number of aliphatic hydroxyl groups is 1. The number of halogens is 4. The summed E-state index contributed by atoms with van der Waals surface area (Å²) in [7, 11) is -2.97. The number of alkyl halides is 3. The van der Waals surface area contributed by atoms with Gasteiger partial charge in [-0.05, 0) is 48.9 Å². The standard InChI is InChI=1S/C18H17F4NO5S/c1-28-15-7-6-13(29(26,27)9-8-16(24)18(20,21)22)10-14(15)17(25)23-12-4-2-11(19)3-5-12/h2-7,10,16,24H,8-9H2,1H3,(H,23,25)/t16-/m1/s1. The van der Waals surface area contributed by atoms with Gasteiger partial charge < -0.3 is 15.2 Å². The Labute approximate surface area is 164 Å². The Balaban J connectivity index is 2.27. The van der Waals surface area contributed by atoms with Crippen molar-refractivity contribution < 1.29 is 40.6 Å². The molecule has 0 aliphatic heterocycles. The van der Waals surface area contributed by atoms with Gasteiger partial charge in [0.25, 0.3) is 5.91 Å². The van der Waals surface area contributed by atoms with E-state index in [0.29, 0.717) is 0 Å². The zero-order valence-electron chi connectivity index (χ0n) is 15.0. The number of sulfone groups is 1. The molecule has 0 saturated heterocycles. The van der Waals surface area contributed by atoms with E-state index in [1.165, 1.54) is 25.3 Å². The average Bonchev–Trinajstić information content (AvgIpc) is 2.66. The number of amides is 1. The first-order chi connectivity index (χ1) is 13.4. The van der Waals surface area contributed by atoms with Crippen molar-refractivity contribution in [3.63, 3.8) is 0 Å². The van der Waals surface area contributed by atoms with Gasteiger partial charge in [-0.2, -0.15) is 13.2 Å². The quantitative estimate of drug-likeness (QED) is 0.652. The molecule has 6 nitrogen and oxygen atoms in total. The Kier molecular flexibility index (Phi) is 6.85. The van der Waals surface area contributed by atoms with Crippen molar-refractivity contribution in [2.75, 3.05) is 18.2 Å². The van der Waals surface area contributed by atoms with E-state index in [1.54, 1.807) is 0 Å². The molecule has 1 amide bonds. The lowest BCUT2D eigenvalue weighted by Gasteiger charge is -2.15. The molecule has 0 saturated carbocycles. The number of hydrogen-bond acceptors (Lipinski definition) is 5. The van der Waals surface area contributed by atoms with Gasteiger partial charge in [0.1, 0.15) is 11.6 Å². The molecule has 2 aromatic carbocycles. The first kappa shape index (κ1) is 22.6. The predicted molar refractivity (Wildman–Crippen MR) is 96.1 cm³/mol. The van der Waals surface area contributed by atoms with Crippen LogP contribution in [-0.2, 0) is 9.84 Å². The van der Waals surface area contributed by atoms with E-state index >= 15 is 0 Å². The molecule has 29 heavy (non-hydrogen) atoms. The smallest absolute Gasteiger partial charge is 0.414 e. The molecule has 0 bridgehead atoms. The van der Waals surface area contributed by atoms with Crippen LogP contribution in [-0.4, -0.2) is 44.6 Å². The predicted octanol–water partition coefficient (Wildman–Crippen LogP) is 3.17. The molecule has 2 rings (SSSR count). The van der Waals surface area contributed by atoms with Crippen molar-refractivity contribution in [1.29, 1.82) is 0 Å². The lowest BCUT2D eigenvalue weighted by Crippen LogP contribution is -2.30. The Morgan fingerprint density at radius 3 is 2.34 bits per heavy atom. The van der Waals surface area contributed by atoms with Gasteiger partial charge in [0.2, 0.25) is 0 Å². The van der Waals surface area contributed by atoms with Gasteiger partial charge in [0.05, 0.1) is 23.3 Å². The maximum absolute atomic E-state index is 13.0. The van der Waals surface area contributed by atoms with Gasteiger partial charge in [-0.1, -0.05) is 0 Å². The summed E-state index contributed by atoms with van der Waals surface area (Å²) >= 11 is 0. The molecule has 0 aliphatic rings. The van der Waals surface area contributed by atoms with Gasteiger partial charge in [0, 0.05) is 5.69 Å². The Bertz CT molecular complexity index is 975. The third kappa shape index (κ3) is 5.91. The molecule has 0 unspecified atom stereocenters. The molecule has 0 spiro atoms. The Morgan fingerprint density at radius 2 is 1.79 bits per heavy atom. The number of hydrogen-bond donors (Lipinski definition) is 2. The number of anilines is 1. The van der Waals surface area contributed by atoms with E-state index in [-0.39, 0.29) is 17.0 Å². The highest BCUT2D eigenvalue weighted by Crippen LogP contribution is 2.27. The zero-order valence-corrected chi connectivity index (χ0v) is 15.8. The number of benzene rings is 2. The van der Waals surface area contributed by atoms with E-state index in [0.717, 1.165) is 24.3 Å². The molecule has 0 aliphatic carbocycles. The molecule has 1 atom stereocenters. The minimum absolute atomic E-state index is 0.0267. The summed E-state index contributed by atoms with van der Waals surface area (Å²) in [6.07, 6.45) is -8.76. The largest absolute Gasteiger partial charge is 0.496 e. The van der Waals surface area contributed by atoms with Gasteiger partial charge in [0.15, 0.2) is 15.9 Å². The molecule has 0 radical (unpaired) electrons. The minimum Gasteiger partial charge on any atom is -0.496 e. The van der Waals surface area contributed by atoms with Crippen LogP contribution < -0.4 is 10.1 Å². The zero-order chi connectivity index (χ0) is 21.8. The highest BCUT2D eigenvalue weighted by atomic mass is 32.2. The molecular weight excluding hydrogens is 418 g/mol. The summed E-state index contributed by atoms with van der Waals surface area (Å²) in [6.45, 7) is 0. The minimum atomic E-state index is -4.93. The summed E-state index contributed by atoms with van der Waals surface area (Å²) in [5.41, 5.74) is 0.0503. The number of rotatable bonds is 7. The van der Waals surface area contributed by atoms with E-state index in [2.05, 4.69) is 5.32 Å². The third-order valence-electron chi connectivity index (χ3n) is 3.91. The van der Waals surface area contributed by atoms with E-state index in [9.17, 15) is 30.8 Å².